The van der Waals surface area contributed by atoms with Crippen LogP contribution in [0, 0.1) is 0 Å². The van der Waals surface area contributed by atoms with Gasteiger partial charge in [0.1, 0.15) is 5.82 Å². The molecule has 5 heteroatoms. The molecule has 1 fully saturated rings. The highest BCUT2D eigenvalue weighted by Crippen LogP contribution is 2.33. The Labute approximate surface area is 124 Å². The van der Waals surface area contributed by atoms with Gasteiger partial charge in [-0.2, -0.15) is 0 Å². The van der Waals surface area contributed by atoms with Crippen LogP contribution in [0.5, 0.6) is 0 Å². The van der Waals surface area contributed by atoms with Gasteiger partial charge >= 0.3 is 0 Å². The highest BCUT2D eigenvalue weighted by molar-refractivity contribution is 9.10. The summed E-state index contributed by atoms with van der Waals surface area (Å²) in [6.45, 7) is 0. The van der Waals surface area contributed by atoms with Gasteiger partial charge in [0.2, 0.25) is 0 Å². The van der Waals surface area contributed by atoms with Crippen LogP contribution in [0.2, 0.25) is 5.02 Å². The monoisotopic (exact) mass is 380 g/mol. The van der Waals surface area contributed by atoms with Crippen LogP contribution in [0.3, 0.4) is 0 Å². The predicted molar refractivity (Wildman–Crippen MR) is 80.3 cm³/mol. The van der Waals surface area contributed by atoms with Crippen molar-refractivity contribution in [3.05, 3.63) is 21.8 Å². The normalized spacial score (nSPS) is 24.7. The summed E-state index contributed by atoms with van der Waals surface area (Å²) in [5, 5.41) is 0.660. The number of hydrogen-bond donors (Lipinski definition) is 0. The molecule has 0 aromatic carbocycles. The predicted octanol–water partition coefficient (Wildman–Crippen LogP) is 4.64. The molecule has 1 saturated carbocycles. The highest BCUT2D eigenvalue weighted by Gasteiger charge is 2.27. The SMILES string of the molecule is CN(c1ncc(Cl)cc1Br)C1CCCCC1Br. The van der Waals surface area contributed by atoms with E-state index in [0.29, 0.717) is 15.9 Å². The molecule has 2 atom stereocenters. The lowest BCUT2D eigenvalue weighted by Gasteiger charge is -2.36. The summed E-state index contributed by atoms with van der Waals surface area (Å²) in [5.74, 6) is 0.964. The van der Waals surface area contributed by atoms with Gasteiger partial charge in [-0.1, -0.05) is 40.4 Å². The second-order valence-corrected chi connectivity index (χ2v) is 6.90. The fourth-order valence-corrected chi connectivity index (χ4v) is 4.19. The smallest absolute Gasteiger partial charge is 0.142 e. The van der Waals surface area contributed by atoms with Gasteiger partial charge in [0.05, 0.1) is 9.50 Å². The molecule has 94 valence electrons. The first kappa shape index (κ1) is 13.6. The number of halogens is 3. The molecular weight excluding hydrogens is 367 g/mol. The van der Waals surface area contributed by atoms with E-state index in [0.717, 1.165) is 10.3 Å². The molecule has 0 spiro atoms. The maximum atomic E-state index is 5.92. The average Bonchev–Trinajstić information content (AvgIpc) is 2.29. The summed E-state index contributed by atoms with van der Waals surface area (Å²) in [5.41, 5.74) is 0. The Morgan fingerprint density at radius 2 is 2.12 bits per heavy atom. The quantitative estimate of drug-likeness (QED) is 0.693. The lowest BCUT2D eigenvalue weighted by Crippen LogP contribution is -2.41. The topological polar surface area (TPSA) is 16.1 Å². The number of nitrogens with zero attached hydrogens (tertiary/aromatic N) is 2. The molecule has 1 aliphatic rings. The van der Waals surface area contributed by atoms with Crippen molar-refractivity contribution in [3.8, 4) is 0 Å². The first-order valence-corrected chi connectivity index (χ1v) is 7.86. The first-order valence-electron chi connectivity index (χ1n) is 5.77. The van der Waals surface area contributed by atoms with Crippen LogP contribution < -0.4 is 4.90 Å². The summed E-state index contributed by atoms with van der Waals surface area (Å²) in [7, 11) is 2.10. The number of anilines is 1. The Morgan fingerprint density at radius 1 is 1.41 bits per heavy atom. The second-order valence-electron chi connectivity index (χ2n) is 4.44. The molecule has 0 radical (unpaired) electrons. The Bertz CT molecular complexity index is 400. The zero-order chi connectivity index (χ0) is 12.4. The third-order valence-electron chi connectivity index (χ3n) is 3.27. The molecule has 0 N–H and O–H groups in total. The van der Waals surface area contributed by atoms with Gasteiger partial charge in [-0.15, -0.1) is 0 Å². The molecule has 0 amide bonds. The van der Waals surface area contributed by atoms with Crippen molar-refractivity contribution in [2.24, 2.45) is 0 Å². The number of rotatable bonds is 2. The van der Waals surface area contributed by atoms with Crippen molar-refractivity contribution in [1.82, 2.24) is 4.98 Å². The van der Waals surface area contributed by atoms with Crippen molar-refractivity contribution in [2.45, 2.75) is 36.6 Å². The fourth-order valence-electron chi connectivity index (χ4n) is 2.33. The molecule has 0 saturated heterocycles. The molecule has 1 aromatic rings. The number of hydrogen-bond acceptors (Lipinski definition) is 2. The van der Waals surface area contributed by atoms with Crippen LogP contribution in [0.25, 0.3) is 0 Å². The van der Waals surface area contributed by atoms with Crippen LogP contribution in [0.4, 0.5) is 5.82 Å². The molecule has 2 unspecified atom stereocenters. The van der Waals surface area contributed by atoms with Gasteiger partial charge in [0.25, 0.3) is 0 Å². The fraction of sp³-hybridized carbons (Fsp3) is 0.583. The summed E-state index contributed by atoms with van der Waals surface area (Å²) < 4.78 is 0.956. The minimum atomic E-state index is 0.508. The molecule has 0 bridgehead atoms. The lowest BCUT2D eigenvalue weighted by molar-refractivity contribution is 0.442. The van der Waals surface area contributed by atoms with Crippen LogP contribution in [0.15, 0.2) is 16.7 Å². The van der Waals surface area contributed by atoms with Gasteiger partial charge in [0, 0.05) is 24.1 Å². The molecular formula is C12H15Br2ClN2. The largest absolute Gasteiger partial charge is 0.355 e. The standard InChI is InChI=1S/C12H15Br2ClN2/c1-17(11-5-3-2-4-9(11)13)12-10(14)6-8(15)7-16-12/h6-7,9,11H,2-5H2,1H3. The van der Waals surface area contributed by atoms with Gasteiger partial charge in [-0.25, -0.2) is 4.98 Å². The van der Waals surface area contributed by atoms with Gasteiger partial charge < -0.3 is 4.90 Å². The molecule has 1 heterocycles. The van der Waals surface area contributed by atoms with Crippen molar-refractivity contribution < 1.29 is 0 Å². The van der Waals surface area contributed by atoms with E-state index in [2.05, 4.69) is 48.8 Å². The van der Waals surface area contributed by atoms with Crippen LogP contribution in [-0.4, -0.2) is 22.9 Å². The van der Waals surface area contributed by atoms with Crippen LogP contribution >= 0.6 is 43.5 Å². The minimum Gasteiger partial charge on any atom is -0.355 e. The van der Waals surface area contributed by atoms with Gasteiger partial charge in [0.15, 0.2) is 0 Å². The molecule has 2 rings (SSSR count). The number of aromatic nitrogens is 1. The highest BCUT2D eigenvalue weighted by atomic mass is 79.9. The second kappa shape index (κ2) is 5.89. The Kier molecular flexibility index (Phi) is 4.72. The summed E-state index contributed by atoms with van der Waals surface area (Å²) in [6, 6.07) is 2.40. The van der Waals surface area contributed by atoms with Crippen molar-refractivity contribution in [3.63, 3.8) is 0 Å². The van der Waals surface area contributed by atoms with E-state index in [9.17, 15) is 0 Å². The molecule has 17 heavy (non-hydrogen) atoms. The maximum absolute atomic E-state index is 5.92. The van der Waals surface area contributed by atoms with Gasteiger partial charge in [-0.05, 0) is 34.8 Å². The first-order chi connectivity index (χ1) is 8.09. The third kappa shape index (κ3) is 3.15. The zero-order valence-electron chi connectivity index (χ0n) is 9.67. The van der Waals surface area contributed by atoms with Crippen molar-refractivity contribution in [1.29, 1.82) is 0 Å². The minimum absolute atomic E-state index is 0.508. The maximum Gasteiger partial charge on any atom is 0.142 e. The van der Waals surface area contributed by atoms with E-state index in [1.165, 1.54) is 25.7 Å². The number of pyridine rings is 1. The van der Waals surface area contributed by atoms with E-state index >= 15 is 0 Å². The average molecular weight is 383 g/mol. The summed E-state index contributed by atoms with van der Waals surface area (Å²) >= 11 is 13.2. The van der Waals surface area contributed by atoms with E-state index in [1.54, 1.807) is 6.20 Å². The number of alkyl halides is 1. The van der Waals surface area contributed by atoms with E-state index in [1.807, 2.05) is 6.07 Å². The third-order valence-corrected chi connectivity index (χ3v) is 5.13. The van der Waals surface area contributed by atoms with Crippen molar-refractivity contribution >= 4 is 49.3 Å². The summed E-state index contributed by atoms with van der Waals surface area (Å²) in [6.07, 6.45) is 6.76. The lowest BCUT2D eigenvalue weighted by atomic mass is 9.94. The van der Waals surface area contributed by atoms with Crippen molar-refractivity contribution in [2.75, 3.05) is 11.9 Å². The van der Waals surface area contributed by atoms with E-state index in [-0.39, 0.29) is 0 Å². The Balaban J connectivity index is 2.20. The zero-order valence-corrected chi connectivity index (χ0v) is 13.6. The Hall–Kier alpha value is 0.200. The van der Waals surface area contributed by atoms with Crippen LogP contribution in [0.1, 0.15) is 25.7 Å². The van der Waals surface area contributed by atoms with E-state index < -0.39 is 0 Å². The molecule has 2 nitrogen and oxygen atoms in total. The Morgan fingerprint density at radius 3 is 2.76 bits per heavy atom. The molecule has 1 aliphatic carbocycles. The van der Waals surface area contributed by atoms with Gasteiger partial charge in [-0.3, -0.25) is 0 Å². The molecule has 0 aliphatic heterocycles. The summed E-state index contributed by atoms with van der Waals surface area (Å²) in [4.78, 5) is 7.21. The van der Waals surface area contributed by atoms with E-state index in [4.69, 9.17) is 11.6 Å². The molecule has 1 aromatic heterocycles. The van der Waals surface area contributed by atoms with Crippen LogP contribution in [-0.2, 0) is 0 Å².